The van der Waals surface area contributed by atoms with E-state index in [9.17, 15) is 50.8 Å². The summed E-state index contributed by atoms with van der Waals surface area (Å²) in [5.74, 6) is -3.13. The van der Waals surface area contributed by atoms with Gasteiger partial charge in [0, 0.05) is 17.7 Å². The van der Waals surface area contributed by atoms with E-state index in [4.69, 9.17) is 23.4 Å². The molecule has 5 rings (SSSR count). The lowest BCUT2D eigenvalue weighted by Gasteiger charge is -2.38. The summed E-state index contributed by atoms with van der Waals surface area (Å²) in [5, 5.41) is 90.4. The fourth-order valence-electron chi connectivity index (χ4n) is 4.46. The Bertz CT molecular complexity index is 1470. The number of phenolic OH excluding ortho intramolecular Hbond substituents is 4. The van der Waals surface area contributed by atoms with Gasteiger partial charge >= 0.3 is 0 Å². The summed E-state index contributed by atoms with van der Waals surface area (Å²) < 4.78 is 27.9. The van der Waals surface area contributed by atoms with Crippen molar-refractivity contribution in [3.8, 4) is 40.1 Å². The van der Waals surface area contributed by atoms with Crippen molar-refractivity contribution in [3.63, 3.8) is 0 Å². The summed E-state index contributed by atoms with van der Waals surface area (Å²) in [4.78, 5) is 13.6. The quantitative estimate of drug-likeness (QED) is 0.155. The molecule has 0 spiro atoms. The van der Waals surface area contributed by atoms with Gasteiger partial charge in [-0.1, -0.05) is 0 Å². The molecule has 0 unspecified atom stereocenters. The van der Waals surface area contributed by atoms with Crippen LogP contribution in [0.15, 0.2) is 39.5 Å². The predicted molar refractivity (Wildman–Crippen MR) is 130 cm³/mol. The molecule has 1 aromatic heterocycles. The standard InChI is InChI=1S/C25H26O15/c26-7-25(35)8-37-24(22(25)40-23-19(34)17(32)14(31)6-36-23)39-21-18(33)16-13(30)4-10(27)5-15(16)38-20(21)9-1-2-11(28)12(29)3-9/h1-5,14,17,19,22-24,26-32,34-35H,6-8H2/t14-,17+,19-,22+,23+,24+,25-/m1/s1. The van der Waals surface area contributed by atoms with Gasteiger partial charge in [0.05, 0.1) is 19.8 Å². The van der Waals surface area contributed by atoms with Crippen LogP contribution in [-0.2, 0) is 14.2 Å². The van der Waals surface area contributed by atoms with Crippen molar-refractivity contribution in [2.24, 2.45) is 0 Å². The number of rotatable bonds is 6. The highest BCUT2D eigenvalue weighted by molar-refractivity contribution is 5.88. The molecule has 40 heavy (non-hydrogen) atoms. The van der Waals surface area contributed by atoms with Crippen LogP contribution in [-0.4, -0.2) is 108 Å². The number of fused-ring (bicyclic) bond motifs is 1. The molecule has 2 fully saturated rings. The van der Waals surface area contributed by atoms with E-state index in [-0.39, 0.29) is 16.9 Å². The van der Waals surface area contributed by atoms with E-state index in [1.807, 2.05) is 0 Å². The molecule has 7 atom stereocenters. The average Bonchev–Trinajstić information content (AvgIpc) is 3.22. The summed E-state index contributed by atoms with van der Waals surface area (Å²) in [7, 11) is 0. The van der Waals surface area contributed by atoms with Crippen LogP contribution in [0.2, 0.25) is 0 Å². The Balaban J connectivity index is 1.59. The number of phenols is 4. The minimum Gasteiger partial charge on any atom is -0.508 e. The van der Waals surface area contributed by atoms with Crippen molar-refractivity contribution in [1.82, 2.24) is 0 Å². The Labute approximate surface area is 223 Å². The molecule has 0 bridgehead atoms. The number of benzene rings is 2. The molecule has 15 heteroatoms. The van der Waals surface area contributed by atoms with Gasteiger partial charge in [-0.05, 0) is 18.2 Å². The fourth-order valence-corrected chi connectivity index (χ4v) is 4.46. The number of aromatic hydroxyl groups is 4. The van der Waals surface area contributed by atoms with Crippen LogP contribution in [0, 0.1) is 0 Å². The lowest BCUT2D eigenvalue weighted by Crippen LogP contribution is -2.58. The summed E-state index contributed by atoms with van der Waals surface area (Å²) >= 11 is 0. The van der Waals surface area contributed by atoms with Gasteiger partial charge in [0.15, 0.2) is 29.7 Å². The molecule has 0 amide bonds. The maximum absolute atomic E-state index is 13.6. The smallest absolute Gasteiger partial charge is 0.239 e. The Hall–Kier alpha value is -3.67. The van der Waals surface area contributed by atoms with E-state index >= 15 is 0 Å². The summed E-state index contributed by atoms with van der Waals surface area (Å²) in [6, 6.07) is 5.35. The third-order valence-electron chi connectivity index (χ3n) is 6.67. The van der Waals surface area contributed by atoms with E-state index in [1.165, 1.54) is 6.07 Å². The second-order valence-corrected chi connectivity index (χ2v) is 9.50. The van der Waals surface area contributed by atoms with E-state index in [1.54, 1.807) is 0 Å². The normalized spacial score (nSPS) is 30.5. The van der Waals surface area contributed by atoms with Crippen molar-refractivity contribution in [2.75, 3.05) is 19.8 Å². The topological polar surface area (TPSA) is 249 Å². The second-order valence-electron chi connectivity index (χ2n) is 9.50. The molecule has 3 heterocycles. The van der Waals surface area contributed by atoms with E-state index in [0.29, 0.717) is 0 Å². The molecule has 3 aromatic rings. The first-order valence-electron chi connectivity index (χ1n) is 11.9. The van der Waals surface area contributed by atoms with Gasteiger partial charge in [-0.3, -0.25) is 4.79 Å². The number of hydrogen-bond donors (Lipinski definition) is 9. The second kappa shape index (κ2) is 10.4. The van der Waals surface area contributed by atoms with Gasteiger partial charge in [-0.15, -0.1) is 0 Å². The molecule has 9 N–H and O–H groups in total. The highest BCUT2D eigenvalue weighted by atomic mass is 16.8. The SMILES string of the molecule is O=c1c(O[C@@H]2OC[C@](O)(CO)[C@H]2O[C@@H]2OC[C@@H](O)[C@H](O)[C@H]2O)c(-c2ccc(O)c(O)c2)oc2cc(O)cc(O)c12. The highest BCUT2D eigenvalue weighted by Crippen LogP contribution is 2.40. The maximum atomic E-state index is 13.6. The third-order valence-corrected chi connectivity index (χ3v) is 6.67. The molecule has 2 aliphatic rings. The fraction of sp³-hybridized carbons (Fsp3) is 0.400. The van der Waals surface area contributed by atoms with Crippen LogP contribution in [0.4, 0.5) is 0 Å². The third kappa shape index (κ3) is 4.78. The monoisotopic (exact) mass is 566 g/mol. The van der Waals surface area contributed by atoms with E-state index in [2.05, 4.69) is 0 Å². The Morgan fingerprint density at radius 1 is 0.925 bits per heavy atom. The number of hydrogen-bond acceptors (Lipinski definition) is 15. The van der Waals surface area contributed by atoms with Crippen molar-refractivity contribution < 1.29 is 69.3 Å². The summed E-state index contributed by atoms with van der Waals surface area (Å²) in [5.41, 5.74) is -3.40. The highest BCUT2D eigenvalue weighted by Gasteiger charge is 2.54. The first kappa shape index (κ1) is 27.9. The molecule has 0 radical (unpaired) electrons. The van der Waals surface area contributed by atoms with Crippen molar-refractivity contribution in [1.29, 1.82) is 0 Å². The number of aliphatic hydroxyl groups excluding tert-OH is 4. The summed E-state index contributed by atoms with van der Waals surface area (Å²) in [6.45, 7) is -1.95. The summed E-state index contributed by atoms with van der Waals surface area (Å²) in [6.07, 6.45) is -9.84. The molecule has 0 aliphatic carbocycles. The lowest BCUT2D eigenvalue weighted by molar-refractivity contribution is -0.306. The van der Waals surface area contributed by atoms with Gasteiger partial charge in [0.2, 0.25) is 17.5 Å². The van der Waals surface area contributed by atoms with Crippen LogP contribution in [0.25, 0.3) is 22.3 Å². The Kier molecular flexibility index (Phi) is 7.24. The van der Waals surface area contributed by atoms with Crippen LogP contribution >= 0.6 is 0 Å². The number of ether oxygens (including phenoxy) is 4. The zero-order chi connectivity index (χ0) is 28.9. The Morgan fingerprint density at radius 2 is 1.68 bits per heavy atom. The van der Waals surface area contributed by atoms with E-state index in [0.717, 1.165) is 24.3 Å². The Morgan fingerprint density at radius 3 is 2.38 bits per heavy atom. The molecule has 216 valence electrons. The van der Waals surface area contributed by atoms with Gasteiger partial charge < -0.3 is 69.3 Å². The van der Waals surface area contributed by atoms with Gasteiger partial charge in [-0.25, -0.2) is 0 Å². The van der Waals surface area contributed by atoms with E-state index < -0.39 is 102 Å². The van der Waals surface area contributed by atoms with Crippen LogP contribution in [0.1, 0.15) is 0 Å². The molecular formula is C25H26O15. The van der Waals surface area contributed by atoms with Crippen LogP contribution < -0.4 is 10.2 Å². The number of aliphatic hydroxyl groups is 5. The molecule has 2 aromatic carbocycles. The molecular weight excluding hydrogens is 540 g/mol. The van der Waals surface area contributed by atoms with Crippen molar-refractivity contribution >= 4 is 11.0 Å². The first-order chi connectivity index (χ1) is 18.9. The molecule has 15 nitrogen and oxygen atoms in total. The predicted octanol–water partition coefficient (Wildman–Crippen LogP) is -1.43. The minimum absolute atomic E-state index is 0.00293. The van der Waals surface area contributed by atoms with Gasteiger partial charge in [0.25, 0.3) is 0 Å². The molecule has 2 aliphatic heterocycles. The van der Waals surface area contributed by atoms with Gasteiger partial charge in [-0.2, -0.15) is 0 Å². The molecule has 0 saturated carbocycles. The lowest BCUT2D eigenvalue weighted by atomic mass is 10.00. The first-order valence-corrected chi connectivity index (χ1v) is 11.9. The molecule has 2 saturated heterocycles. The van der Waals surface area contributed by atoms with Crippen LogP contribution in [0.3, 0.4) is 0 Å². The minimum atomic E-state index is -2.16. The van der Waals surface area contributed by atoms with Crippen molar-refractivity contribution in [3.05, 3.63) is 40.6 Å². The largest absolute Gasteiger partial charge is 0.508 e. The average molecular weight is 566 g/mol. The van der Waals surface area contributed by atoms with Crippen molar-refractivity contribution in [2.45, 2.75) is 42.6 Å². The zero-order valence-corrected chi connectivity index (χ0v) is 20.4. The van der Waals surface area contributed by atoms with Gasteiger partial charge in [0.1, 0.15) is 46.4 Å². The zero-order valence-electron chi connectivity index (χ0n) is 20.4. The maximum Gasteiger partial charge on any atom is 0.239 e. The van der Waals surface area contributed by atoms with Crippen LogP contribution in [0.5, 0.6) is 28.7 Å².